The maximum Gasteiger partial charge on any atom is 0.329 e. The Labute approximate surface area is 248 Å². The number of carbonyl (C=O) groups is 2. The van der Waals surface area contributed by atoms with Crippen molar-refractivity contribution in [2.24, 2.45) is 5.11 Å². The van der Waals surface area contributed by atoms with Crippen LogP contribution in [-0.4, -0.2) is 45.6 Å². The number of pyridine rings is 1. The third kappa shape index (κ3) is 8.19. The summed E-state index contributed by atoms with van der Waals surface area (Å²) in [5.74, 6) is -1.29. The van der Waals surface area contributed by atoms with Crippen molar-refractivity contribution in [3.8, 4) is 0 Å². The van der Waals surface area contributed by atoms with Gasteiger partial charge in [-0.2, -0.15) is 0 Å². The van der Waals surface area contributed by atoms with Crippen LogP contribution in [0.1, 0.15) is 67.2 Å². The summed E-state index contributed by atoms with van der Waals surface area (Å²) in [7, 11) is 1.23. The Kier molecular flexibility index (Phi) is 10.7. The van der Waals surface area contributed by atoms with Gasteiger partial charge in [-0.15, -0.1) is 0 Å². The molecule has 0 aliphatic heterocycles. The first kappa shape index (κ1) is 31.9. The van der Waals surface area contributed by atoms with Gasteiger partial charge in [0.25, 0.3) is 5.91 Å². The second-order valence-corrected chi connectivity index (χ2v) is 11.0. The monoisotopic (exact) mass is 599 g/mol. The predicted molar refractivity (Wildman–Crippen MR) is 156 cm³/mol. The number of azide groups is 1. The van der Waals surface area contributed by atoms with Gasteiger partial charge in [-0.1, -0.05) is 46.5 Å². The fraction of sp³-hybridized carbons (Fsp3) is 0.345. The van der Waals surface area contributed by atoms with Gasteiger partial charge in [0.1, 0.15) is 6.04 Å². The minimum Gasteiger partial charge on any atom is -0.467 e. The van der Waals surface area contributed by atoms with E-state index in [2.05, 4.69) is 15.0 Å². The molecular weight excluding hydrogens is 569 g/mol. The normalized spacial score (nSPS) is 13.5. The number of aliphatic hydroxyl groups excluding tert-OH is 1. The van der Waals surface area contributed by atoms with Gasteiger partial charge in [0.2, 0.25) is 0 Å². The van der Waals surface area contributed by atoms with Gasteiger partial charge in [-0.25, -0.2) is 4.79 Å². The van der Waals surface area contributed by atoms with E-state index in [-0.39, 0.29) is 27.7 Å². The molecule has 2 aromatic carbocycles. The molecule has 1 amide bonds. The van der Waals surface area contributed by atoms with E-state index in [0.29, 0.717) is 16.8 Å². The van der Waals surface area contributed by atoms with Gasteiger partial charge in [-0.3, -0.25) is 9.78 Å². The Morgan fingerprint density at radius 3 is 2.46 bits per heavy atom. The fourth-order valence-corrected chi connectivity index (χ4v) is 4.70. The first-order valence-electron chi connectivity index (χ1n) is 12.7. The smallest absolute Gasteiger partial charge is 0.329 e. The second-order valence-electron chi connectivity index (χ2n) is 10.2. The lowest BCUT2D eigenvalue weighted by atomic mass is 9.98. The molecule has 41 heavy (non-hydrogen) atoms. The van der Waals surface area contributed by atoms with Crippen LogP contribution >= 0.6 is 23.2 Å². The van der Waals surface area contributed by atoms with Crippen LogP contribution in [0.15, 0.2) is 65.9 Å². The number of nitrogens with zero attached hydrogens (tertiary/aromatic N) is 5. The average molecular weight is 601 g/mol. The van der Waals surface area contributed by atoms with Gasteiger partial charge in [0.15, 0.2) is 6.29 Å². The second kappa shape index (κ2) is 13.8. The van der Waals surface area contributed by atoms with Crippen molar-refractivity contribution in [2.45, 2.75) is 58.1 Å². The molecule has 0 aliphatic rings. The molecule has 0 bridgehead atoms. The molecule has 0 radical (unpaired) electrons. The van der Waals surface area contributed by atoms with Crippen LogP contribution in [0.25, 0.3) is 10.4 Å². The molecule has 2 unspecified atom stereocenters. The van der Waals surface area contributed by atoms with Crippen LogP contribution in [0.3, 0.4) is 0 Å². The van der Waals surface area contributed by atoms with Crippen molar-refractivity contribution in [3.05, 3.63) is 104 Å². The van der Waals surface area contributed by atoms with E-state index >= 15 is 0 Å². The molecule has 1 heterocycles. The van der Waals surface area contributed by atoms with Gasteiger partial charge in [0.05, 0.1) is 24.4 Å². The summed E-state index contributed by atoms with van der Waals surface area (Å²) >= 11 is 12.7. The number of ether oxygens (including phenoxy) is 2. The van der Waals surface area contributed by atoms with Gasteiger partial charge in [0, 0.05) is 44.4 Å². The Balaban J connectivity index is 2.14. The van der Waals surface area contributed by atoms with E-state index in [1.54, 1.807) is 70.3 Å². The minimum atomic E-state index is -1.28. The van der Waals surface area contributed by atoms with Crippen LogP contribution < -0.4 is 0 Å². The van der Waals surface area contributed by atoms with Crippen molar-refractivity contribution in [1.82, 2.24) is 9.88 Å². The van der Waals surface area contributed by atoms with Crippen molar-refractivity contribution < 1.29 is 24.2 Å². The molecule has 1 N–H and O–H groups in total. The van der Waals surface area contributed by atoms with Crippen LogP contribution in [0.2, 0.25) is 10.0 Å². The Hall–Kier alpha value is -3.66. The number of rotatable bonds is 10. The fourth-order valence-electron chi connectivity index (χ4n) is 4.25. The number of amides is 1. The predicted octanol–water partition coefficient (Wildman–Crippen LogP) is 7.12. The standard InChI is InChI=1S/C29H31Cl2N5O5/c1-17(18-9-11-21(23(31)14-18)27(38)41-29(2,3)4)36(25(28(39)40-5)16-20-8-6-7-13-33-20)26(37)22-12-10-19(30)15-24(22)34-35-32/h6-15,17,25,27,38H,16H2,1-5H3/t17?,25-,27?/m1/s1. The zero-order valence-electron chi connectivity index (χ0n) is 23.3. The third-order valence-corrected chi connectivity index (χ3v) is 6.73. The number of carbonyl (C=O) groups excluding carboxylic acids is 2. The van der Waals surface area contributed by atoms with Crippen LogP contribution in [0.5, 0.6) is 0 Å². The highest BCUT2D eigenvalue weighted by atomic mass is 35.5. The molecule has 1 aromatic heterocycles. The molecule has 0 aliphatic carbocycles. The van der Waals surface area contributed by atoms with Gasteiger partial charge in [-0.05, 0) is 75.2 Å². The van der Waals surface area contributed by atoms with E-state index in [9.17, 15) is 14.7 Å². The molecule has 0 spiro atoms. The Bertz CT molecular complexity index is 1440. The summed E-state index contributed by atoms with van der Waals surface area (Å²) in [6, 6.07) is 12.5. The number of benzene rings is 2. The summed E-state index contributed by atoms with van der Waals surface area (Å²) in [6.07, 6.45) is 0.344. The SMILES string of the molecule is COC(=O)[C@@H](Cc1ccccn1)N(C(=O)c1ccc(Cl)cc1N=[N+]=[N-])C(C)c1ccc(C(O)OC(C)(C)C)c(Cl)c1. The highest BCUT2D eigenvalue weighted by Gasteiger charge is 2.37. The highest BCUT2D eigenvalue weighted by Crippen LogP contribution is 2.35. The number of halogens is 2. The number of aliphatic hydroxyl groups is 1. The Morgan fingerprint density at radius 1 is 1.15 bits per heavy atom. The molecule has 0 saturated heterocycles. The van der Waals surface area contributed by atoms with Crippen molar-refractivity contribution in [2.75, 3.05) is 7.11 Å². The largest absolute Gasteiger partial charge is 0.467 e. The quantitative estimate of drug-likeness (QED) is 0.0864. The lowest BCUT2D eigenvalue weighted by Crippen LogP contribution is -2.48. The van der Waals surface area contributed by atoms with Crippen molar-refractivity contribution in [1.29, 1.82) is 0 Å². The zero-order chi connectivity index (χ0) is 30.3. The molecule has 3 aromatic rings. The molecular formula is C29H31Cl2N5O5. The van der Waals surface area contributed by atoms with Crippen LogP contribution in [0, 0.1) is 0 Å². The van der Waals surface area contributed by atoms with E-state index in [0.717, 1.165) is 0 Å². The minimum absolute atomic E-state index is 0.000478. The highest BCUT2D eigenvalue weighted by molar-refractivity contribution is 6.31. The molecule has 3 rings (SSSR count). The summed E-state index contributed by atoms with van der Waals surface area (Å²) in [5.41, 5.74) is 9.97. The molecule has 216 valence electrons. The Morgan fingerprint density at radius 2 is 1.88 bits per heavy atom. The summed E-state index contributed by atoms with van der Waals surface area (Å²) in [6.45, 7) is 7.14. The molecule has 10 nitrogen and oxygen atoms in total. The maximum atomic E-state index is 14.2. The summed E-state index contributed by atoms with van der Waals surface area (Å²) < 4.78 is 10.7. The van der Waals surface area contributed by atoms with Gasteiger partial charge < -0.3 is 19.5 Å². The lowest BCUT2D eigenvalue weighted by Gasteiger charge is -2.36. The number of esters is 1. The maximum absolute atomic E-state index is 14.2. The third-order valence-electron chi connectivity index (χ3n) is 6.17. The zero-order valence-corrected chi connectivity index (χ0v) is 24.8. The van der Waals surface area contributed by atoms with Crippen molar-refractivity contribution >= 4 is 40.8 Å². The summed E-state index contributed by atoms with van der Waals surface area (Å²) in [4.78, 5) is 35.9. The topological polar surface area (TPSA) is 138 Å². The molecule has 12 heteroatoms. The van der Waals surface area contributed by atoms with E-state index < -0.39 is 35.9 Å². The van der Waals surface area contributed by atoms with Crippen molar-refractivity contribution in [3.63, 3.8) is 0 Å². The van der Waals surface area contributed by atoms with Gasteiger partial charge >= 0.3 is 5.97 Å². The first-order chi connectivity index (χ1) is 19.4. The molecule has 3 atom stereocenters. The number of hydrogen-bond donors (Lipinski definition) is 1. The number of methoxy groups -OCH3 is 1. The van der Waals surface area contributed by atoms with E-state index in [1.165, 1.54) is 30.2 Å². The van der Waals surface area contributed by atoms with Crippen LogP contribution in [0.4, 0.5) is 5.69 Å². The van der Waals surface area contributed by atoms with Crippen LogP contribution in [-0.2, 0) is 20.7 Å². The number of hydrogen-bond acceptors (Lipinski definition) is 7. The lowest BCUT2D eigenvalue weighted by molar-refractivity contribution is -0.169. The summed E-state index contributed by atoms with van der Waals surface area (Å²) in [5, 5.41) is 14.7. The number of aromatic nitrogens is 1. The molecule has 0 saturated carbocycles. The first-order valence-corrected chi connectivity index (χ1v) is 13.4. The molecule has 0 fully saturated rings. The van der Waals surface area contributed by atoms with E-state index in [4.69, 9.17) is 38.2 Å². The average Bonchev–Trinajstić information content (AvgIpc) is 2.91. The van der Waals surface area contributed by atoms with E-state index in [1.807, 2.05) is 0 Å².